The molecule has 10 nitrogen and oxygen atoms in total. The largest absolute Gasteiger partial charge is 0.326 e. The van der Waals surface area contributed by atoms with E-state index in [-0.39, 0.29) is 27.9 Å². The summed E-state index contributed by atoms with van der Waals surface area (Å²) in [4.78, 5) is 39.9. The van der Waals surface area contributed by atoms with Gasteiger partial charge in [0.1, 0.15) is 11.5 Å². The highest BCUT2D eigenvalue weighted by molar-refractivity contribution is 7.89. The van der Waals surface area contributed by atoms with E-state index >= 15 is 0 Å². The van der Waals surface area contributed by atoms with Crippen LogP contribution in [0.4, 0.5) is 21.5 Å². The van der Waals surface area contributed by atoms with Gasteiger partial charge in [-0.2, -0.15) is 4.31 Å². The highest BCUT2D eigenvalue weighted by Crippen LogP contribution is 2.24. The highest BCUT2D eigenvalue weighted by atomic mass is 32.2. The van der Waals surface area contributed by atoms with E-state index in [0.717, 1.165) is 16.4 Å². The fourth-order valence-corrected chi connectivity index (χ4v) is 4.11. The number of anilines is 3. The minimum atomic E-state index is -4.04. The van der Waals surface area contributed by atoms with Gasteiger partial charge in [-0.05, 0) is 54.6 Å². The van der Waals surface area contributed by atoms with Crippen molar-refractivity contribution < 1.29 is 27.2 Å². The summed E-state index contributed by atoms with van der Waals surface area (Å²) in [5, 5.41) is 7.50. The van der Waals surface area contributed by atoms with Gasteiger partial charge in [-0.1, -0.05) is 6.07 Å². The molecule has 0 aliphatic rings. The zero-order valence-electron chi connectivity index (χ0n) is 18.8. The number of nitrogens with one attached hydrogen (secondary N) is 3. The molecule has 182 valence electrons. The van der Waals surface area contributed by atoms with Crippen LogP contribution < -0.4 is 16.0 Å². The number of hydrogen-bond donors (Lipinski definition) is 3. The number of hydrogen-bond acceptors (Lipinski definition) is 6. The lowest BCUT2D eigenvalue weighted by molar-refractivity contribution is -0.116. The van der Waals surface area contributed by atoms with E-state index in [9.17, 15) is 27.2 Å². The van der Waals surface area contributed by atoms with Gasteiger partial charge in [-0.15, -0.1) is 0 Å². The summed E-state index contributed by atoms with van der Waals surface area (Å²) in [6.07, 6.45) is 1.44. The van der Waals surface area contributed by atoms with Crippen molar-refractivity contribution in [2.45, 2.75) is 11.8 Å². The zero-order valence-corrected chi connectivity index (χ0v) is 19.6. The summed E-state index contributed by atoms with van der Waals surface area (Å²) in [5.74, 6) is -2.31. The van der Waals surface area contributed by atoms with Crippen LogP contribution >= 0.6 is 0 Å². The lowest BCUT2D eigenvalue weighted by Crippen LogP contribution is -2.35. The number of nitrogens with zero attached hydrogens (tertiary/aromatic N) is 2. The first-order chi connectivity index (χ1) is 16.6. The normalized spacial score (nSPS) is 11.1. The molecule has 35 heavy (non-hydrogen) atoms. The van der Waals surface area contributed by atoms with Crippen molar-refractivity contribution in [1.29, 1.82) is 0 Å². The second-order valence-corrected chi connectivity index (χ2v) is 9.42. The zero-order chi connectivity index (χ0) is 25.6. The second kappa shape index (κ2) is 10.8. The molecule has 1 heterocycles. The minimum Gasteiger partial charge on any atom is -0.326 e. The van der Waals surface area contributed by atoms with E-state index in [0.29, 0.717) is 5.69 Å². The number of rotatable bonds is 8. The monoisotopic (exact) mass is 499 g/mol. The predicted octanol–water partition coefficient (Wildman–Crippen LogP) is 2.69. The standard InChI is InChI=1S/C23H22FN5O5S/c1-15(30)26-17-7-9-18(10-8-17)35(33,34)29(2)14-22(31)27-21-13-16(24)6-11-19(21)28-23(32)20-5-3-4-12-25-20/h3-13H,14H2,1-2H3,(H,26,30)(H,27,31)(H,28,32). The Kier molecular flexibility index (Phi) is 7.89. The minimum absolute atomic E-state index is 0.0512. The van der Waals surface area contributed by atoms with E-state index in [1.165, 1.54) is 56.6 Å². The van der Waals surface area contributed by atoms with Crippen LogP contribution in [-0.2, 0) is 19.6 Å². The molecule has 0 radical (unpaired) electrons. The van der Waals surface area contributed by atoms with Crippen molar-refractivity contribution in [2.24, 2.45) is 0 Å². The number of carbonyl (C=O) groups is 3. The Morgan fingerprint density at radius 3 is 2.29 bits per heavy atom. The van der Waals surface area contributed by atoms with Crippen molar-refractivity contribution in [2.75, 3.05) is 29.5 Å². The molecule has 0 unspecified atom stereocenters. The summed E-state index contributed by atoms with van der Waals surface area (Å²) in [7, 11) is -2.82. The maximum absolute atomic E-state index is 13.8. The van der Waals surface area contributed by atoms with Gasteiger partial charge in [0.05, 0.1) is 22.8 Å². The summed E-state index contributed by atoms with van der Waals surface area (Å²) in [6, 6.07) is 13.6. The Balaban J connectivity index is 1.71. The van der Waals surface area contributed by atoms with E-state index in [4.69, 9.17) is 0 Å². The molecule has 2 aromatic carbocycles. The number of likely N-dealkylation sites (N-methyl/N-ethyl adjacent to an activating group) is 1. The van der Waals surface area contributed by atoms with Crippen LogP contribution in [-0.4, -0.2) is 49.0 Å². The Labute approximate surface area is 201 Å². The summed E-state index contributed by atoms with van der Waals surface area (Å²) < 4.78 is 40.3. The van der Waals surface area contributed by atoms with Gasteiger partial charge >= 0.3 is 0 Å². The van der Waals surface area contributed by atoms with Crippen molar-refractivity contribution in [3.63, 3.8) is 0 Å². The number of sulfonamides is 1. The summed E-state index contributed by atoms with van der Waals surface area (Å²) in [5.41, 5.74) is 0.590. The van der Waals surface area contributed by atoms with Crippen LogP contribution in [0.3, 0.4) is 0 Å². The third-order valence-electron chi connectivity index (χ3n) is 4.65. The molecule has 0 aliphatic carbocycles. The lowest BCUT2D eigenvalue weighted by Gasteiger charge is -2.18. The number of carbonyl (C=O) groups excluding carboxylic acids is 3. The van der Waals surface area contributed by atoms with Crippen LogP contribution in [0.5, 0.6) is 0 Å². The molecular weight excluding hydrogens is 477 g/mol. The smallest absolute Gasteiger partial charge is 0.274 e. The number of benzene rings is 2. The molecule has 0 fully saturated rings. The van der Waals surface area contributed by atoms with Crippen LogP contribution in [0.2, 0.25) is 0 Å². The van der Waals surface area contributed by atoms with Crippen molar-refractivity contribution in [1.82, 2.24) is 9.29 Å². The molecule has 3 N–H and O–H groups in total. The number of halogens is 1. The van der Waals surface area contributed by atoms with E-state index < -0.39 is 34.2 Å². The van der Waals surface area contributed by atoms with Crippen LogP contribution in [0.25, 0.3) is 0 Å². The summed E-state index contributed by atoms with van der Waals surface area (Å²) >= 11 is 0. The molecule has 12 heteroatoms. The van der Waals surface area contributed by atoms with E-state index in [1.54, 1.807) is 12.1 Å². The van der Waals surface area contributed by atoms with Crippen molar-refractivity contribution >= 4 is 44.8 Å². The van der Waals surface area contributed by atoms with Crippen LogP contribution in [0.1, 0.15) is 17.4 Å². The first kappa shape index (κ1) is 25.5. The molecule has 3 aromatic rings. The maximum Gasteiger partial charge on any atom is 0.274 e. The molecule has 0 saturated heterocycles. The Morgan fingerprint density at radius 1 is 0.943 bits per heavy atom. The average molecular weight is 500 g/mol. The number of aromatic nitrogens is 1. The molecule has 0 spiro atoms. The summed E-state index contributed by atoms with van der Waals surface area (Å²) in [6.45, 7) is 0.741. The van der Waals surface area contributed by atoms with Gasteiger partial charge in [0.15, 0.2) is 0 Å². The Morgan fingerprint density at radius 2 is 1.66 bits per heavy atom. The van der Waals surface area contributed by atoms with E-state index in [2.05, 4.69) is 20.9 Å². The van der Waals surface area contributed by atoms with E-state index in [1.807, 2.05) is 0 Å². The van der Waals surface area contributed by atoms with Gasteiger partial charge in [-0.3, -0.25) is 19.4 Å². The number of amides is 3. The first-order valence-electron chi connectivity index (χ1n) is 10.2. The Hall–Kier alpha value is -4.16. The maximum atomic E-state index is 13.8. The Bertz CT molecular complexity index is 1350. The fraction of sp³-hybridized carbons (Fsp3) is 0.130. The van der Waals surface area contributed by atoms with Crippen molar-refractivity contribution in [3.05, 3.63) is 78.4 Å². The average Bonchev–Trinajstić information content (AvgIpc) is 2.81. The molecule has 0 bridgehead atoms. The van der Waals surface area contributed by atoms with Gasteiger partial charge < -0.3 is 16.0 Å². The molecular formula is C23H22FN5O5S. The SMILES string of the molecule is CC(=O)Nc1ccc(S(=O)(=O)N(C)CC(=O)Nc2cc(F)ccc2NC(=O)c2ccccn2)cc1. The van der Waals surface area contributed by atoms with Crippen LogP contribution in [0.15, 0.2) is 71.8 Å². The molecule has 0 saturated carbocycles. The third-order valence-corrected chi connectivity index (χ3v) is 6.47. The fourth-order valence-electron chi connectivity index (χ4n) is 2.98. The van der Waals surface area contributed by atoms with Gasteiger partial charge in [0, 0.05) is 25.9 Å². The van der Waals surface area contributed by atoms with Crippen molar-refractivity contribution in [3.8, 4) is 0 Å². The quantitative estimate of drug-likeness (QED) is 0.436. The highest BCUT2D eigenvalue weighted by Gasteiger charge is 2.23. The third kappa shape index (κ3) is 6.68. The molecule has 0 aliphatic heterocycles. The topological polar surface area (TPSA) is 138 Å². The molecule has 1 aromatic heterocycles. The molecule has 3 rings (SSSR count). The number of pyridine rings is 1. The lowest BCUT2D eigenvalue weighted by atomic mass is 10.2. The van der Waals surface area contributed by atoms with Gasteiger partial charge in [0.25, 0.3) is 5.91 Å². The predicted molar refractivity (Wildman–Crippen MR) is 128 cm³/mol. The second-order valence-electron chi connectivity index (χ2n) is 7.37. The van der Waals surface area contributed by atoms with Gasteiger partial charge in [0.2, 0.25) is 21.8 Å². The first-order valence-corrected chi connectivity index (χ1v) is 11.7. The molecule has 3 amide bonds. The van der Waals surface area contributed by atoms with Crippen LogP contribution in [0, 0.1) is 5.82 Å². The van der Waals surface area contributed by atoms with Gasteiger partial charge in [-0.25, -0.2) is 12.8 Å². The molecule has 0 atom stereocenters.